The standard InChI is InChI=1S/C19H29N5O/c1-4-5-10-23(3)14-18-21-19(22-25-18)16-8-9-17(20-12-16)24-11-6-7-15(2)13-24/h8-9,12,15H,4-7,10-11,13-14H2,1-3H3/t15-/m0/s1. The highest BCUT2D eigenvalue weighted by molar-refractivity contribution is 5.55. The van der Waals surface area contributed by atoms with Crippen molar-refractivity contribution in [2.75, 3.05) is 31.6 Å². The second-order valence-electron chi connectivity index (χ2n) is 7.20. The molecule has 1 aliphatic heterocycles. The zero-order valence-electron chi connectivity index (χ0n) is 15.6. The fourth-order valence-electron chi connectivity index (χ4n) is 3.28. The SMILES string of the molecule is CCCCN(C)Cc1nc(-c2ccc(N3CCC[C@H](C)C3)nc2)no1. The van der Waals surface area contributed by atoms with Crippen LogP contribution in [0.2, 0.25) is 0 Å². The monoisotopic (exact) mass is 343 g/mol. The van der Waals surface area contributed by atoms with Gasteiger partial charge in [-0.15, -0.1) is 0 Å². The van der Waals surface area contributed by atoms with Gasteiger partial charge in [-0.05, 0) is 50.9 Å². The van der Waals surface area contributed by atoms with E-state index in [0.29, 0.717) is 18.3 Å². The Labute approximate surface area is 150 Å². The molecule has 0 aromatic carbocycles. The van der Waals surface area contributed by atoms with Crippen LogP contribution in [-0.4, -0.2) is 46.7 Å². The summed E-state index contributed by atoms with van der Waals surface area (Å²) in [6, 6.07) is 4.10. The molecule has 1 aliphatic rings. The molecule has 0 spiro atoms. The Kier molecular flexibility index (Phi) is 6.02. The van der Waals surface area contributed by atoms with Crippen LogP contribution in [0.25, 0.3) is 11.4 Å². The largest absolute Gasteiger partial charge is 0.356 e. The van der Waals surface area contributed by atoms with Crippen molar-refractivity contribution >= 4 is 5.82 Å². The first-order valence-corrected chi connectivity index (χ1v) is 9.38. The molecule has 0 aliphatic carbocycles. The Morgan fingerprint density at radius 2 is 2.24 bits per heavy atom. The summed E-state index contributed by atoms with van der Waals surface area (Å²) in [5.74, 6) is 3.05. The lowest BCUT2D eigenvalue weighted by molar-refractivity contribution is 0.264. The molecule has 0 bridgehead atoms. The van der Waals surface area contributed by atoms with Gasteiger partial charge in [0.1, 0.15) is 5.82 Å². The van der Waals surface area contributed by atoms with Crippen molar-refractivity contribution < 1.29 is 4.52 Å². The average Bonchev–Trinajstić information content (AvgIpc) is 3.08. The first-order valence-electron chi connectivity index (χ1n) is 9.38. The zero-order chi connectivity index (χ0) is 17.6. The Morgan fingerprint density at radius 1 is 1.36 bits per heavy atom. The van der Waals surface area contributed by atoms with E-state index < -0.39 is 0 Å². The van der Waals surface area contributed by atoms with Gasteiger partial charge in [0.25, 0.3) is 0 Å². The highest BCUT2D eigenvalue weighted by Gasteiger charge is 2.18. The van der Waals surface area contributed by atoms with E-state index in [2.05, 4.69) is 51.9 Å². The molecule has 136 valence electrons. The Morgan fingerprint density at radius 3 is 2.96 bits per heavy atom. The van der Waals surface area contributed by atoms with E-state index in [-0.39, 0.29) is 0 Å². The quantitative estimate of drug-likeness (QED) is 0.765. The van der Waals surface area contributed by atoms with Gasteiger partial charge in [-0.3, -0.25) is 4.90 Å². The van der Waals surface area contributed by atoms with Gasteiger partial charge >= 0.3 is 0 Å². The minimum atomic E-state index is 0.616. The minimum Gasteiger partial charge on any atom is -0.356 e. The van der Waals surface area contributed by atoms with Gasteiger partial charge in [0, 0.05) is 24.8 Å². The maximum Gasteiger partial charge on any atom is 0.241 e. The molecule has 2 aromatic rings. The lowest BCUT2D eigenvalue weighted by Gasteiger charge is -2.31. The molecule has 1 saturated heterocycles. The summed E-state index contributed by atoms with van der Waals surface area (Å²) >= 11 is 0. The van der Waals surface area contributed by atoms with Gasteiger partial charge in [-0.25, -0.2) is 4.98 Å². The number of aromatic nitrogens is 3. The minimum absolute atomic E-state index is 0.616. The molecule has 25 heavy (non-hydrogen) atoms. The number of anilines is 1. The molecule has 0 amide bonds. The van der Waals surface area contributed by atoms with Gasteiger partial charge in [-0.1, -0.05) is 25.4 Å². The van der Waals surface area contributed by atoms with Crippen LogP contribution in [0.5, 0.6) is 0 Å². The van der Waals surface area contributed by atoms with Crippen LogP contribution < -0.4 is 4.90 Å². The second kappa shape index (κ2) is 8.43. The highest BCUT2D eigenvalue weighted by Crippen LogP contribution is 2.23. The van der Waals surface area contributed by atoms with Gasteiger partial charge in [0.2, 0.25) is 11.7 Å². The third kappa shape index (κ3) is 4.78. The van der Waals surface area contributed by atoms with Crippen LogP contribution in [0.4, 0.5) is 5.82 Å². The predicted octanol–water partition coefficient (Wildman–Crippen LogP) is 3.60. The Balaban J connectivity index is 1.62. The topological polar surface area (TPSA) is 58.3 Å². The van der Waals surface area contributed by atoms with E-state index in [9.17, 15) is 0 Å². The van der Waals surface area contributed by atoms with Crippen LogP contribution in [0.1, 0.15) is 45.4 Å². The number of rotatable bonds is 7. The van der Waals surface area contributed by atoms with Gasteiger partial charge in [-0.2, -0.15) is 4.98 Å². The summed E-state index contributed by atoms with van der Waals surface area (Å²) in [6.07, 6.45) is 6.77. The lowest BCUT2D eigenvalue weighted by Crippen LogP contribution is -2.34. The molecule has 0 saturated carbocycles. The van der Waals surface area contributed by atoms with Gasteiger partial charge in [0.15, 0.2) is 0 Å². The molecule has 3 heterocycles. The lowest BCUT2D eigenvalue weighted by atomic mass is 10.0. The van der Waals surface area contributed by atoms with Gasteiger partial charge in [0.05, 0.1) is 6.54 Å². The molecule has 0 unspecified atom stereocenters. The van der Waals surface area contributed by atoms with Crippen LogP contribution in [-0.2, 0) is 6.54 Å². The summed E-state index contributed by atoms with van der Waals surface area (Å²) in [5, 5.41) is 4.11. The molecule has 0 radical (unpaired) electrons. The predicted molar refractivity (Wildman–Crippen MR) is 99.4 cm³/mol. The average molecular weight is 343 g/mol. The van der Waals surface area contributed by atoms with Crippen LogP contribution in [0, 0.1) is 5.92 Å². The fraction of sp³-hybridized carbons (Fsp3) is 0.632. The van der Waals surface area contributed by atoms with Crippen molar-refractivity contribution in [3.63, 3.8) is 0 Å². The number of unbranched alkanes of at least 4 members (excludes halogenated alkanes) is 1. The molecule has 1 fully saturated rings. The van der Waals surface area contributed by atoms with Crippen molar-refractivity contribution in [1.29, 1.82) is 0 Å². The summed E-state index contributed by atoms with van der Waals surface area (Å²) in [4.78, 5) is 13.7. The molecular formula is C19H29N5O. The number of hydrogen-bond acceptors (Lipinski definition) is 6. The first kappa shape index (κ1) is 17.9. The van der Waals surface area contributed by atoms with E-state index in [1.807, 2.05) is 12.3 Å². The maximum absolute atomic E-state index is 5.39. The van der Waals surface area contributed by atoms with E-state index in [1.165, 1.54) is 25.7 Å². The van der Waals surface area contributed by atoms with Crippen molar-refractivity contribution in [2.45, 2.75) is 46.1 Å². The Bertz CT molecular complexity index is 654. The summed E-state index contributed by atoms with van der Waals surface area (Å²) in [6.45, 7) is 8.40. The van der Waals surface area contributed by atoms with E-state index in [1.54, 1.807) is 0 Å². The number of nitrogens with zero attached hydrogens (tertiary/aromatic N) is 5. The fourth-order valence-corrected chi connectivity index (χ4v) is 3.28. The maximum atomic E-state index is 5.39. The van der Waals surface area contributed by atoms with E-state index in [0.717, 1.165) is 36.9 Å². The molecular weight excluding hydrogens is 314 g/mol. The highest BCUT2D eigenvalue weighted by atomic mass is 16.5. The normalized spacial score (nSPS) is 18.1. The van der Waals surface area contributed by atoms with Crippen molar-refractivity contribution in [3.8, 4) is 11.4 Å². The molecule has 6 nitrogen and oxygen atoms in total. The third-order valence-corrected chi connectivity index (χ3v) is 4.75. The van der Waals surface area contributed by atoms with Crippen LogP contribution in [0.15, 0.2) is 22.9 Å². The smallest absolute Gasteiger partial charge is 0.241 e. The van der Waals surface area contributed by atoms with E-state index >= 15 is 0 Å². The summed E-state index contributed by atoms with van der Waals surface area (Å²) in [7, 11) is 2.08. The number of piperidine rings is 1. The van der Waals surface area contributed by atoms with Crippen LogP contribution in [0.3, 0.4) is 0 Å². The van der Waals surface area contributed by atoms with Gasteiger partial charge < -0.3 is 9.42 Å². The Hall–Kier alpha value is -1.95. The number of pyridine rings is 1. The molecule has 1 atom stereocenters. The summed E-state index contributed by atoms with van der Waals surface area (Å²) < 4.78 is 5.39. The molecule has 6 heteroatoms. The zero-order valence-corrected chi connectivity index (χ0v) is 15.6. The first-order chi connectivity index (χ1) is 12.2. The molecule has 0 N–H and O–H groups in total. The molecule has 3 rings (SSSR count). The number of hydrogen-bond donors (Lipinski definition) is 0. The second-order valence-corrected chi connectivity index (χ2v) is 7.20. The van der Waals surface area contributed by atoms with Crippen molar-refractivity contribution in [2.24, 2.45) is 5.92 Å². The third-order valence-electron chi connectivity index (χ3n) is 4.75. The molecule has 2 aromatic heterocycles. The van der Waals surface area contributed by atoms with Crippen LogP contribution >= 0.6 is 0 Å². The van der Waals surface area contributed by atoms with Crippen molar-refractivity contribution in [1.82, 2.24) is 20.0 Å². The summed E-state index contributed by atoms with van der Waals surface area (Å²) in [5.41, 5.74) is 0.903. The van der Waals surface area contributed by atoms with E-state index in [4.69, 9.17) is 4.52 Å². The van der Waals surface area contributed by atoms with Crippen molar-refractivity contribution in [3.05, 3.63) is 24.2 Å².